The van der Waals surface area contributed by atoms with Crippen molar-refractivity contribution in [2.75, 3.05) is 5.75 Å². The monoisotopic (exact) mass is 245 g/mol. The van der Waals surface area contributed by atoms with Gasteiger partial charge in [0.25, 0.3) is 0 Å². The number of carboxylic acid groups (broad SMARTS) is 1. The van der Waals surface area contributed by atoms with Gasteiger partial charge in [0.2, 0.25) is 0 Å². The molecule has 0 radical (unpaired) electrons. The fourth-order valence-corrected chi connectivity index (χ4v) is 3.34. The minimum absolute atomic E-state index is 0.0186. The van der Waals surface area contributed by atoms with Crippen molar-refractivity contribution in [2.24, 2.45) is 0 Å². The maximum absolute atomic E-state index is 10.8. The van der Waals surface area contributed by atoms with E-state index in [1.54, 1.807) is 11.8 Å². The highest BCUT2D eigenvalue weighted by molar-refractivity contribution is 8.00. The van der Waals surface area contributed by atoms with Crippen LogP contribution in [0.5, 0.6) is 0 Å². The van der Waals surface area contributed by atoms with E-state index < -0.39 is 5.97 Å². The molecule has 0 amide bonds. The van der Waals surface area contributed by atoms with E-state index >= 15 is 0 Å². The van der Waals surface area contributed by atoms with Gasteiger partial charge < -0.3 is 5.11 Å². The van der Waals surface area contributed by atoms with E-state index in [2.05, 4.69) is 19.2 Å². The van der Waals surface area contributed by atoms with Gasteiger partial charge in [-0.15, -0.1) is 11.8 Å². The maximum atomic E-state index is 10.8. The first-order valence-electron chi connectivity index (χ1n) is 6.22. The van der Waals surface area contributed by atoms with Gasteiger partial charge >= 0.3 is 5.97 Å². The van der Waals surface area contributed by atoms with Gasteiger partial charge in [0.1, 0.15) is 6.04 Å². The molecular formula is C12H23NO2S. The van der Waals surface area contributed by atoms with Gasteiger partial charge in [-0.2, -0.15) is 0 Å². The lowest BCUT2D eigenvalue weighted by molar-refractivity contribution is -0.138. The molecule has 0 bridgehead atoms. The van der Waals surface area contributed by atoms with Crippen LogP contribution < -0.4 is 5.32 Å². The van der Waals surface area contributed by atoms with E-state index in [-0.39, 0.29) is 10.9 Å². The number of carboxylic acids is 1. The Bertz CT molecular complexity index is 235. The van der Waals surface area contributed by atoms with E-state index in [1.165, 1.54) is 32.1 Å². The predicted octanol–water partition coefficient (Wildman–Crippen LogP) is 2.85. The summed E-state index contributed by atoms with van der Waals surface area (Å²) in [4.78, 5) is 10.8. The van der Waals surface area contributed by atoms with Crippen molar-refractivity contribution >= 4 is 17.7 Å². The molecule has 0 aliphatic carbocycles. The van der Waals surface area contributed by atoms with E-state index in [0.717, 1.165) is 6.42 Å². The van der Waals surface area contributed by atoms with E-state index in [1.807, 2.05) is 0 Å². The first kappa shape index (κ1) is 13.8. The lowest BCUT2D eigenvalue weighted by Crippen LogP contribution is -2.43. The normalized spacial score (nSPS) is 29.5. The predicted molar refractivity (Wildman–Crippen MR) is 68.8 cm³/mol. The summed E-state index contributed by atoms with van der Waals surface area (Å²) in [6.45, 7) is 4.34. The molecule has 94 valence electrons. The van der Waals surface area contributed by atoms with Crippen molar-refractivity contribution in [2.45, 2.75) is 63.3 Å². The van der Waals surface area contributed by atoms with Crippen LogP contribution in [0.3, 0.4) is 0 Å². The average Bonchev–Trinajstić information content (AvgIpc) is 2.61. The molecule has 1 fully saturated rings. The van der Waals surface area contributed by atoms with E-state index in [9.17, 15) is 4.79 Å². The standard InChI is InChI=1S/C12H23NO2S/c1-3-4-5-6-7-8-12(2)13-10(9-16-12)11(14)15/h10,13H,3-9H2,1-2H3,(H,14,15)/t10-,12?/m0/s1. The van der Waals surface area contributed by atoms with Crippen molar-refractivity contribution in [3.05, 3.63) is 0 Å². The van der Waals surface area contributed by atoms with Crippen molar-refractivity contribution in [3.63, 3.8) is 0 Å². The molecule has 1 heterocycles. The quantitative estimate of drug-likeness (QED) is 0.677. The number of carbonyl (C=O) groups is 1. The lowest BCUT2D eigenvalue weighted by Gasteiger charge is -2.24. The minimum atomic E-state index is -0.720. The van der Waals surface area contributed by atoms with Crippen molar-refractivity contribution in [3.8, 4) is 0 Å². The summed E-state index contributed by atoms with van der Waals surface area (Å²) in [5.74, 6) is -0.0249. The first-order chi connectivity index (χ1) is 7.57. The highest BCUT2D eigenvalue weighted by atomic mass is 32.2. The number of unbranched alkanes of at least 4 members (excludes halogenated alkanes) is 4. The summed E-state index contributed by atoms with van der Waals surface area (Å²) in [6, 6.07) is -0.356. The summed E-state index contributed by atoms with van der Waals surface area (Å²) in [5, 5.41) is 12.1. The van der Waals surface area contributed by atoms with Crippen molar-refractivity contribution in [1.82, 2.24) is 5.32 Å². The molecule has 16 heavy (non-hydrogen) atoms. The molecule has 3 nitrogen and oxygen atoms in total. The summed E-state index contributed by atoms with van der Waals surface area (Å²) in [5.41, 5.74) is 0. The van der Waals surface area contributed by atoms with Gasteiger partial charge in [0.05, 0.1) is 4.87 Å². The van der Waals surface area contributed by atoms with E-state index in [0.29, 0.717) is 5.75 Å². The van der Waals surface area contributed by atoms with Gasteiger partial charge in [-0.05, 0) is 13.3 Å². The Morgan fingerprint density at radius 3 is 2.69 bits per heavy atom. The fraction of sp³-hybridized carbons (Fsp3) is 0.917. The zero-order chi connectivity index (χ0) is 12.0. The van der Waals surface area contributed by atoms with Gasteiger partial charge in [-0.25, -0.2) is 0 Å². The molecule has 0 aromatic rings. The number of hydrogen-bond acceptors (Lipinski definition) is 3. The topological polar surface area (TPSA) is 49.3 Å². The molecular weight excluding hydrogens is 222 g/mol. The number of nitrogens with one attached hydrogen (secondary N) is 1. The van der Waals surface area contributed by atoms with Crippen LogP contribution >= 0.6 is 11.8 Å². The molecule has 0 aromatic heterocycles. The minimum Gasteiger partial charge on any atom is -0.480 e. The third-order valence-electron chi connectivity index (χ3n) is 3.10. The second-order valence-corrected chi connectivity index (χ2v) is 6.26. The molecule has 1 unspecified atom stereocenters. The molecule has 1 rings (SSSR count). The van der Waals surface area contributed by atoms with Crippen LogP contribution in [0.15, 0.2) is 0 Å². The summed E-state index contributed by atoms with van der Waals surface area (Å²) >= 11 is 1.75. The summed E-state index contributed by atoms with van der Waals surface area (Å²) in [6.07, 6.45) is 7.43. The van der Waals surface area contributed by atoms with Crippen LogP contribution in [0.25, 0.3) is 0 Å². The van der Waals surface area contributed by atoms with Crippen LogP contribution in [0.2, 0.25) is 0 Å². The SMILES string of the molecule is CCCCCCCC1(C)N[C@H](C(=O)O)CS1. The Hall–Kier alpha value is -0.220. The summed E-state index contributed by atoms with van der Waals surface area (Å²) in [7, 11) is 0. The second-order valence-electron chi connectivity index (χ2n) is 4.74. The molecule has 0 spiro atoms. The Morgan fingerprint density at radius 2 is 2.12 bits per heavy atom. The second kappa shape index (κ2) is 6.50. The van der Waals surface area contributed by atoms with Crippen molar-refractivity contribution < 1.29 is 9.90 Å². The number of hydrogen-bond donors (Lipinski definition) is 2. The Balaban J connectivity index is 2.19. The van der Waals surface area contributed by atoms with Gasteiger partial charge in [0, 0.05) is 5.75 Å². The lowest BCUT2D eigenvalue weighted by atomic mass is 10.1. The third kappa shape index (κ3) is 4.34. The molecule has 2 atom stereocenters. The first-order valence-corrected chi connectivity index (χ1v) is 7.20. The largest absolute Gasteiger partial charge is 0.480 e. The Morgan fingerprint density at radius 1 is 1.44 bits per heavy atom. The van der Waals surface area contributed by atoms with E-state index in [4.69, 9.17) is 5.11 Å². The highest BCUT2D eigenvalue weighted by Gasteiger charge is 2.37. The highest BCUT2D eigenvalue weighted by Crippen LogP contribution is 2.34. The summed E-state index contributed by atoms with van der Waals surface area (Å²) < 4.78 is 0. The number of thioether (sulfide) groups is 1. The van der Waals surface area contributed by atoms with Gasteiger partial charge in [-0.3, -0.25) is 10.1 Å². The zero-order valence-corrected chi connectivity index (χ0v) is 11.1. The van der Waals surface area contributed by atoms with Crippen molar-refractivity contribution in [1.29, 1.82) is 0 Å². The maximum Gasteiger partial charge on any atom is 0.321 e. The molecule has 0 aromatic carbocycles. The molecule has 4 heteroatoms. The zero-order valence-electron chi connectivity index (χ0n) is 10.3. The average molecular weight is 245 g/mol. The van der Waals surface area contributed by atoms with Crippen LogP contribution in [-0.2, 0) is 4.79 Å². The molecule has 1 saturated heterocycles. The smallest absolute Gasteiger partial charge is 0.321 e. The fourth-order valence-electron chi connectivity index (χ4n) is 2.06. The molecule has 1 aliphatic heterocycles. The van der Waals surface area contributed by atoms with Crippen LogP contribution in [-0.4, -0.2) is 27.7 Å². The Labute approximate surface area is 102 Å². The number of aliphatic carboxylic acids is 1. The molecule has 0 saturated carbocycles. The molecule has 2 N–H and O–H groups in total. The van der Waals surface area contributed by atoms with Crippen LogP contribution in [0, 0.1) is 0 Å². The Kier molecular flexibility index (Phi) is 5.62. The number of rotatable bonds is 7. The van der Waals surface area contributed by atoms with Crippen LogP contribution in [0.4, 0.5) is 0 Å². The molecule has 1 aliphatic rings. The van der Waals surface area contributed by atoms with Crippen LogP contribution in [0.1, 0.15) is 52.4 Å². The van der Waals surface area contributed by atoms with Gasteiger partial charge in [0.15, 0.2) is 0 Å². The third-order valence-corrected chi connectivity index (χ3v) is 4.56. The van der Waals surface area contributed by atoms with Gasteiger partial charge in [-0.1, -0.05) is 39.0 Å².